The highest BCUT2D eigenvalue weighted by Gasteiger charge is 2.02. The number of nitrogens with one attached hydrogen (secondary N) is 1. The van der Waals surface area contributed by atoms with Crippen LogP contribution in [0.5, 0.6) is 0 Å². The quantitative estimate of drug-likeness (QED) is 0.680. The van der Waals surface area contributed by atoms with Crippen molar-refractivity contribution in [1.29, 1.82) is 0 Å². The molecule has 0 unspecified atom stereocenters. The zero-order chi connectivity index (χ0) is 8.81. The van der Waals surface area contributed by atoms with Crippen molar-refractivity contribution in [2.24, 2.45) is 0 Å². The zero-order valence-electron chi connectivity index (χ0n) is 7.04. The molecule has 0 bridgehead atoms. The minimum atomic E-state index is -0.154. The molecule has 12 heavy (non-hydrogen) atoms. The predicted molar refractivity (Wildman–Crippen MR) is 43.5 cm³/mol. The summed E-state index contributed by atoms with van der Waals surface area (Å²) in [6.07, 6.45) is 4.60. The number of aromatic nitrogens is 2. The van der Waals surface area contributed by atoms with Crippen LogP contribution in [0.15, 0.2) is 12.4 Å². The van der Waals surface area contributed by atoms with Crippen molar-refractivity contribution < 1.29 is 9.53 Å². The van der Waals surface area contributed by atoms with Gasteiger partial charge in [-0.05, 0) is 18.9 Å². The third-order valence-corrected chi connectivity index (χ3v) is 1.48. The number of H-pyrrole nitrogens is 1. The lowest BCUT2D eigenvalue weighted by Crippen LogP contribution is -2.04. The first kappa shape index (κ1) is 8.77. The Bertz CT molecular complexity index is 231. The van der Waals surface area contributed by atoms with Crippen LogP contribution < -0.4 is 0 Å². The van der Waals surface area contributed by atoms with Crippen LogP contribution in [0.2, 0.25) is 0 Å². The smallest absolute Gasteiger partial charge is 0.306 e. The second-order valence-electron chi connectivity index (χ2n) is 2.41. The standard InChI is InChI=1S/C8H12N2O2/c1-2-12-8(11)4-3-7-5-9-10-6-7/h5-6H,2-4H2,1H3,(H,9,10). The topological polar surface area (TPSA) is 55.0 Å². The number of nitrogens with zero attached hydrogens (tertiary/aromatic N) is 1. The molecule has 0 saturated heterocycles. The molecular weight excluding hydrogens is 156 g/mol. The second-order valence-corrected chi connectivity index (χ2v) is 2.41. The van der Waals surface area contributed by atoms with Gasteiger partial charge in [0.15, 0.2) is 0 Å². The van der Waals surface area contributed by atoms with E-state index in [0.29, 0.717) is 19.4 Å². The fourth-order valence-corrected chi connectivity index (χ4v) is 0.894. The maximum atomic E-state index is 10.9. The molecule has 0 amide bonds. The van der Waals surface area contributed by atoms with Gasteiger partial charge in [0.1, 0.15) is 0 Å². The van der Waals surface area contributed by atoms with Crippen molar-refractivity contribution >= 4 is 5.97 Å². The summed E-state index contributed by atoms with van der Waals surface area (Å²) in [6.45, 7) is 2.25. The molecule has 1 rings (SSSR count). The van der Waals surface area contributed by atoms with Crippen LogP contribution in [0, 0.1) is 0 Å². The van der Waals surface area contributed by atoms with E-state index in [-0.39, 0.29) is 5.97 Å². The zero-order valence-corrected chi connectivity index (χ0v) is 7.04. The summed E-state index contributed by atoms with van der Waals surface area (Å²) >= 11 is 0. The Kier molecular flexibility index (Phi) is 3.32. The van der Waals surface area contributed by atoms with E-state index in [2.05, 4.69) is 10.2 Å². The number of aromatic amines is 1. The van der Waals surface area contributed by atoms with Crippen molar-refractivity contribution in [1.82, 2.24) is 10.2 Å². The van der Waals surface area contributed by atoms with Crippen molar-refractivity contribution in [3.63, 3.8) is 0 Å². The van der Waals surface area contributed by atoms with Crippen LogP contribution in [0.4, 0.5) is 0 Å². The Morgan fingerprint density at radius 3 is 3.17 bits per heavy atom. The van der Waals surface area contributed by atoms with Crippen LogP contribution in [0.1, 0.15) is 18.9 Å². The molecule has 0 aliphatic carbocycles. The molecule has 4 heteroatoms. The van der Waals surface area contributed by atoms with Gasteiger partial charge in [0.05, 0.1) is 12.8 Å². The van der Waals surface area contributed by atoms with Gasteiger partial charge in [-0.2, -0.15) is 5.10 Å². The van der Waals surface area contributed by atoms with E-state index in [9.17, 15) is 4.79 Å². The van der Waals surface area contributed by atoms with E-state index in [0.717, 1.165) is 5.56 Å². The van der Waals surface area contributed by atoms with Gasteiger partial charge in [-0.1, -0.05) is 0 Å². The molecule has 0 aromatic carbocycles. The van der Waals surface area contributed by atoms with Gasteiger partial charge in [0, 0.05) is 12.6 Å². The molecule has 1 N–H and O–H groups in total. The highest BCUT2D eigenvalue weighted by Crippen LogP contribution is 1.99. The maximum Gasteiger partial charge on any atom is 0.306 e. The van der Waals surface area contributed by atoms with Crippen molar-refractivity contribution in [2.75, 3.05) is 6.61 Å². The molecule has 4 nitrogen and oxygen atoms in total. The molecule has 0 radical (unpaired) electrons. The first-order valence-electron chi connectivity index (χ1n) is 3.96. The van der Waals surface area contributed by atoms with E-state index in [1.54, 1.807) is 19.3 Å². The van der Waals surface area contributed by atoms with Crippen LogP contribution in [-0.2, 0) is 16.0 Å². The number of hydrogen-bond donors (Lipinski definition) is 1. The van der Waals surface area contributed by atoms with E-state index < -0.39 is 0 Å². The largest absolute Gasteiger partial charge is 0.466 e. The number of hydrogen-bond acceptors (Lipinski definition) is 3. The van der Waals surface area contributed by atoms with Gasteiger partial charge in [-0.3, -0.25) is 9.89 Å². The molecule has 0 aliphatic heterocycles. The van der Waals surface area contributed by atoms with Gasteiger partial charge in [-0.15, -0.1) is 0 Å². The number of ether oxygens (including phenoxy) is 1. The molecule has 0 saturated carbocycles. The fraction of sp³-hybridized carbons (Fsp3) is 0.500. The summed E-state index contributed by atoms with van der Waals surface area (Å²) in [5.41, 5.74) is 1.03. The average Bonchev–Trinajstić information content (AvgIpc) is 2.53. The highest BCUT2D eigenvalue weighted by molar-refractivity contribution is 5.69. The van der Waals surface area contributed by atoms with Crippen molar-refractivity contribution in [2.45, 2.75) is 19.8 Å². The molecular formula is C8H12N2O2. The predicted octanol–water partition coefficient (Wildman–Crippen LogP) is 0.905. The molecule has 1 aromatic rings. The molecule has 1 aromatic heterocycles. The Labute approximate surface area is 70.9 Å². The molecule has 0 spiro atoms. The SMILES string of the molecule is CCOC(=O)CCc1cn[nH]c1. The Morgan fingerprint density at radius 1 is 1.75 bits per heavy atom. The van der Waals surface area contributed by atoms with E-state index in [1.807, 2.05) is 0 Å². The van der Waals surface area contributed by atoms with Crippen molar-refractivity contribution in [3.8, 4) is 0 Å². The molecule has 66 valence electrons. The minimum Gasteiger partial charge on any atom is -0.466 e. The van der Waals surface area contributed by atoms with Crippen LogP contribution in [0.3, 0.4) is 0 Å². The summed E-state index contributed by atoms with van der Waals surface area (Å²) in [5.74, 6) is -0.154. The third kappa shape index (κ3) is 2.74. The number of rotatable bonds is 4. The second kappa shape index (κ2) is 4.54. The highest BCUT2D eigenvalue weighted by atomic mass is 16.5. The van der Waals surface area contributed by atoms with Gasteiger partial charge >= 0.3 is 5.97 Å². The lowest BCUT2D eigenvalue weighted by molar-refractivity contribution is -0.143. The summed E-state index contributed by atoms with van der Waals surface area (Å²) in [7, 11) is 0. The Morgan fingerprint density at radius 2 is 2.58 bits per heavy atom. The summed E-state index contributed by atoms with van der Waals surface area (Å²) in [5, 5.41) is 6.45. The van der Waals surface area contributed by atoms with Gasteiger partial charge in [0.2, 0.25) is 0 Å². The number of carbonyl (C=O) groups is 1. The Balaban J connectivity index is 2.22. The van der Waals surface area contributed by atoms with Crippen LogP contribution in [0.25, 0.3) is 0 Å². The number of esters is 1. The first-order chi connectivity index (χ1) is 5.83. The average molecular weight is 168 g/mol. The summed E-state index contributed by atoms with van der Waals surface area (Å²) < 4.78 is 4.77. The minimum absolute atomic E-state index is 0.154. The first-order valence-corrected chi connectivity index (χ1v) is 3.96. The van der Waals surface area contributed by atoms with Crippen LogP contribution in [-0.4, -0.2) is 22.8 Å². The number of carbonyl (C=O) groups excluding carboxylic acids is 1. The van der Waals surface area contributed by atoms with Gasteiger partial charge < -0.3 is 4.74 Å². The fourth-order valence-electron chi connectivity index (χ4n) is 0.894. The Hall–Kier alpha value is -1.32. The molecule has 0 atom stereocenters. The lowest BCUT2D eigenvalue weighted by Gasteiger charge is -1.98. The van der Waals surface area contributed by atoms with Crippen molar-refractivity contribution in [3.05, 3.63) is 18.0 Å². The van der Waals surface area contributed by atoms with Gasteiger partial charge in [-0.25, -0.2) is 0 Å². The summed E-state index contributed by atoms with van der Waals surface area (Å²) in [6, 6.07) is 0. The molecule has 0 fully saturated rings. The maximum absolute atomic E-state index is 10.9. The third-order valence-electron chi connectivity index (χ3n) is 1.48. The molecule has 1 heterocycles. The van der Waals surface area contributed by atoms with E-state index >= 15 is 0 Å². The van der Waals surface area contributed by atoms with Gasteiger partial charge in [0.25, 0.3) is 0 Å². The van der Waals surface area contributed by atoms with Crippen LogP contribution >= 0.6 is 0 Å². The van der Waals surface area contributed by atoms with E-state index in [4.69, 9.17) is 4.74 Å². The van der Waals surface area contributed by atoms with E-state index in [1.165, 1.54) is 0 Å². The monoisotopic (exact) mass is 168 g/mol. The molecule has 0 aliphatic rings. The normalized spacial score (nSPS) is 9.75. The number of aryl methyl sites for hydroxylation is 1. The summed E-state index contributed by atoms with van der Waals surface area (Å²) in [4.78, 5) is 10.9. The lowest BCUT2D eigenvalue weighted by atomic mass is 10.2.